The first-order chi connectivity index (χ1) is 12.0. The van der Waals surface area contributed by atoms with Gasteiger partial charge in [0.05, 0.1) is 25.7 Å². The van der Waals surface area contributed by atoms with Gasteiger partial charge in [-0.1, -0.05) is 15.9 Å². The molecular weight excluding hydrogens is 386 g/mol. The van der Waals surface area contributed by atoms with Crippen molar-refractivity contribution >= 4 is 27.7 Å². The number of carbonyl (C=O) groups excluding carboxylic acids is 2. The molecule has 0 unspecified atom stereocenters. The van der Waals surface area contributed by atoms with Crippen LogP contribution in [0.5, 0.6) is 5.75 Å². The molecule has 6 heteroatoms. The third-order valence-corrected chi connectivity index (χ3v) is 5.18. The van der Waals surface area contributed by atoms with Crippen LogP contribution < -0.4 is 10.1 Å². The Morgan fingerprint density at radius 2 is 2.04 bits per heavy atom. The number of hydrogen-bond donors (Lipinski definition) is 1. The molecule has 1 aliphatic heterocycles. The Balaban J connectivity index is 2.27. The maximum Gasteiger partial charge on any atom is 0.336 e. The van der Waals surface area contributed by atoms with Gasteiger partial charge >= 0.3 is 5.97 Å². The molecule has 0 saturated heterocycles. The molecule has 132 valence electrons. The average molecular weight is 406 g/mol. The van der Waals surface area contributed by atoms with Gasteiger partial charge in [-0.2, -0.15) is 0 Å². The SMILES string of the molecule is COC(=O)C1=C(C)NC2=C(C(=O)CCC2)[C@H]1c1cc(Br)ccc1OC. The third-order valence-electron chi connectivity index (χ3n) is 4.68. The van der Waals surface area contributed by atoms with E-state index in [1.54, 1.807) is 7.11 Å². The number of ether oxygens (including phenoxy) is 2. The van der Waals surface area contributed by atoms with Gasteiger partial charge in [0.2, 0.25) is 0 Å². The molecule has 1 N–H and O–H groups in total. The van der Waals surface area contributed by atoms with E-state index < -0.39 is 11.9 Å². The molecule has 1 atom stereocenters. The number of rotatable bonds is 3. The second kappa shape index (κ2) is 7.04. The lowest BCUT2D eigenvalue weighted by atomic mass is 9.75. The fourth-order valence-corrected chi connectivity index (χ4v) is 3.98. The van der Waals surface area contributed by atoms with Gasteiger partial charge in [0.1, 0.15) is 5.75 Å². The summed E-state index contributed by atoms with van der Waals surface area (Å²) in [6, 6.07) is 5.60. The van der Waals surface area contributed by atoms with Crippen LogP contribution in [-0.4, -0.2) is 26.0 Å². The van der Waals surface area contributed by atoms with Gasteiger partial charge in [-0.15, -0.1) is 0 Å². The van der Waals surface area contributed by atoms with Crippen molar-refractivity contribution in [2.24, 2.45) is 0 Å². The van der Waals surface area contributed by atoms with Crippen LogP contribution in [0.4, 0.5) is 0 Å². The van der Waals surface area contributed by atoms with Gasteiger partial charge in [0.25, 0.3) is 0 Å². The Morgan fingerprint density at radius 1 is 1.28 bits per heavy atom. The minimum atomic E-state index is -0.496. The zero-order chi connectivity index (χ0) is 18.1. The van der Waals surface area contributed by atoms with E-state index in [2.05, 4.69) is 21.2 Å². The molecule has 1 aromatic rings. The summed E-state index contributed by atoms with van der Waals surface area (Å²) in [5.74, 6) is -0.241. The van der Waals surface area contributed by atoms with Crippen molar-refractivity contribution in [1.29, 1.82) is 0 Å². The Kier molecular flexibility index (Phi) is 4.99. The quantitative estimate of drug-likeness (QED) is 0.778. The fourth-order valence-electron chi connectivity index (χ4n) is 3.61. The molecule has 2 aliphatic rings. The van der Waals surface area contributed by atoms with Crippen molar-refractivity contribution in [1.82, 2.24) is 5.32 Å². The van der Waals surface area contributed by atoms with Crippen LogP contribution in [0.2, 0.25) is 0 Å². The largest absolute Gasteiger partial charge is 0.496 e. The van der Waals surface area contributed by atoms with Crippen molar-refractivity contribution in [3.63, 3.8) is 0 Å². The number of dihydropyridines is 1. The normalized spacial score (nSPS) is 20.2. The first-order valence-electron chi connectivity index (χ1n) is 8.13. The molecule has 0 spiro atoms. The summed E-state index contributed by atoms with van der Waals surface area (Å²) in [6.07, 6.45) is 2.09. The predicted molar refractivity (Wildman–Crippen MR) is 97.2 cm³/mol. The number of Topliss-reactive ketones (excluding diaryl/α,β-unsaturated/α-hetero) is 1. The zero-order valence-corrected chi connectivity index (χ0v) is 16.0. The highest BCUT2D eigenvalue weighted by Crippen LogP contribution is 2.45. The van der Waals surface area contributed by atoms with E-state index in [0.717, 1.165) is 28.6 Å². The number of nitrogens with one attached hydrogen (secondary N) is 1. The molecule has 0 aromatic heterocycles. The van der Waals surface area contributed by atoms with Crippen LogP contribution in [0.15, 0.2) is 45.2 Å². The summed E-state index contributed by atoms with van der Waals surface area (Å²) in [4.78, 5) is 25.3. The number of methoxy groups -OCH3 is 2. The molecule has 1 aromatic carbocycles. The minimum absolute atomic E-state index is 0.0645. The van der Waals surface area contributed by atoms with E-state index in [4.69, 9.17) is 9.47 Å². The highest BCUT2D eigenvalue weighted by atomic mass is 79.9. The molecular formula is C19H20BrNO4. The lowest BCUT2D eigenvalue weighted by Crippen LogP contribution is -2.34. The first-order valence-corrected chi connectivity index (χ1v) is 8.93. The monoisotopic (exact) mass is 405 g/mol. The zero-order valence-electron chi connectivity index (χ0n) is 14.4. The number of esters is 1. The van der Waals surface area contributed by atoms with Gasteiger partial charge in [-0.3, -0.25) is 4.79 Å². The molecule has 0 bridgehead atoms. The topological polar surface area (TPSA) is 64.6 Å². The first kappa shape index (κ1) is 17.7. The molecule has 0 fully saturated rings. The number of benzene rings is 1. The van der Waals surface area contributed by atoms with Crippen molar-refractivity contribution in [2.45, 2.75) is 32.1 Å². The maximum atomic E-state index is 12.7. The van der Waals surface area contributed by atoms with Gasteiger partial charge in [-0.25, -0.2) is 4.79 Å². The highest BCUT2D eigenvalue weighted by molar-refractivity contribution is 9.10. The molecule has 0 amide bonds. The summed E-state index contributed by atoms with van der Waals surface area (Å²) in [5, 5.41) is 3.25. The van der Waals surface area contributed by atoms with E-state index in [1.807, 2.05) is 25.1 Å². The smallest absolute Gasteiger partial charge is 0.336 e. The van der Waals surface area contributed by atoms with Crippen LogP contribution in [0, 0.1) is 0 Å². The maximum absolute atomic E-state index is 12.7. The summed E-state index contributed by atoms with van der Waals surface area (Å²) < 4.78 is 11.4. The van der Waals surface area contributed by atoms with Gasteiger partial charge in [-0.05, 0) is 38.0 Å². The Hall–Kier alpha value is -2.08. The van der Waals surface area contributed by atoms with Gasteiger partial charge < -0.3 is 14.8 Å². The number of allylic oxidation sites excluding steroid dienone is 3. The number of hydrogen-bond acceptors (Lipinski definition) is 5. The van der Waals surface area contributed by atoms with Gasteiger partial charge in [0, 0.05) is 33.4 Å². The lowest BCUT2D eigenvalue weighted by Gasteiger charge is -2.34. The summed E-state index contributed by atoms with van der Waals surface area (Å²) in [7, 11) is 2.94. The summed E-state index contributed by atoms with van der Waals surface area (Å²) >= 11 is 3.48. The van der Waals surface area contributed by atoms with Crippen molar-refractivity contribution in [3.05, 3.63) is 50.8 Å². The lowest BCUT2D eigenvalue weighted by molar-refractivity contribution is -0.136. The highest BCUT2D eigenvalue weighted by Gasteiger charge is 2.40. The van der Waals surface area contributed by atoms with Crippen molar-refractivity contribution in [2.75, 3.05) is 14.2 Å². The molecule has 1 aliphatic carbocycles. The van der Waals surface area contributed by atoms with E-state index in [9.17, 15) is 9.59 Å². The summed E-state index contributed by atoms with van der Waals surface area (Å²) in [5.41, 5.74) is 3.49. The van der Waals surface area contributed by atoms with Crippen LogP contribution >= 0.6 is 15.9 Å². The van der Waals surface area contributed by atoms with Crippen LogP contribution in [0.1, 0.15) is 37.7 Å². The van der Waals surface area contributed by atoms with Crippen LogP contribution in [-0.2, 0) is 14.3 Å². The van der Waals surface area contributed by atoms with E-state index in [1.165, 1.54) is 7.11 Å². The van der Waals surface area contributed by atoms with Gasteiger partial charge in [0.15, 0.2) is 5.78 Å². The molecule has 0 saturated carbocycles. The van der Waals surface area contributed by atoms with Crippen molar-refractivity contribution in [3.8, 4) is 5.75 Å². The molecule has 1 heterocycles. The van der Waals surface area contributed by atoms with E-state index in [0.29, 0.717) is 29.0 Å². The van der Waals surface area contributed by atoms with E-state index in [-0.39, 0.29) is 5.78 Å². The molecule has 25 heavy (non-hydrogen) atoms. The average Bonchev–Trinajstić information content (AvgIpc) is 2.60. The minimum Gasteiger partial charge on any atom is -0.496 e. The standard InChI is InChI=1S/C19H20BrNO4/c1-10-16(19(23)25-3)17(12-9-11(20)7-8-15(12)24-2)18-13(21-10)5-4-6-14(18)22/h7-9,17,21H,4-6H2,1-3H3/t17-/m0/s1. The second-order valence-electron chi connectivity index (χ2n) is 6.14. The Morgan fingerprint density at radius 3 is 2.72 bits per heavy atom. The number of halogens is 1. The Bertz CT molecular complexity index is 810. The molecule has 0 radical (unpaired) electrons. The molecule has 3 rings (SSSR count). The number of carbonyl (C=O) groups is 2. The predicted octanol–water partition coefficient (Wildman–Crippen LogP) is 3.60. The van der Waals surface area contributed by atoms with Crippen molar-refractivity contribution < 1.29 is 19.1 Å². The Labute approximate surface area is 155 Å². The fraction of sp³-hybridized carbons (Fsp3) is 0.368. The molecule has 5 nitrogen and oxygen atoms in total. The second-order valence-corrected chi connectivity index (χ2v) is 7.06. The third kappa shape index (κ3) is 3.11. The summed E-state index contributed by atoms with van der Waals surface area (Å²) in [6.45, 7) is 1.84. The van der Waals surface area contributed by atoms with Crippen LogP contribution in [0.25, 0.3) is 0 Å². The number of ketones is 1. The van der Waals surface area contributed by atoms with Crippen LogP contribution in [0.3, 0.4) is 0 Å². The van der Waals surface area contributed by atoms with E-state index >= 15 is 0 Å².